The smallest absolute Gasteiger partial charge is 0.407 e. The van der Waals surface area contributed by atoms with E-state index in [0.717, 1.165) is 12.0 Å². The number of benzene rings is 1. The van der Waals surface area contributed by atoms with Crippen molar-refractivity contribution in [1.29, 1.82) is 5.41 Å². The van der Waals surface area contributed by atoms with Crippen LogP contribution in [0.3, 0.4) is 0 Å². The summed E-state index contributed by atoms with van der Waals surface area (Å²) in [6.07, 6.45) is 0.786. The van der Waals surface area contributed by atoms with Crippen molar-refractivity contribution in [2.24, 2.45) is 5.92 Å². The molecule has 0 spiro atoms. The highest BCUT2D eigenvalue weighted by molar-refractivity contribution is 5.76. The molecule has 29 heavy (non-hydrogen) atoms. The van der Waals surface area contributed by atoms with E-state index >= 15 is 0 Å². The fourth-order valence-electron chi connectivity index (χ4n) is 3.05. The molecule has 160 valence electrons. The van der Waals surface area contributed by atoms with Gasteiger partial charge in [-0.05, 0) is 30.7 Å². The van der Waals surface area contributed by atoms with Crippen molar-refractivity contribution in [2.45, 2.75) is 52.0 Å². The Bertz CT molecular complexity index is 685. The van der Waals surface area contributed by atoms with E-state index in [9.17, 15) is 14.9 Å². The Hall–Kier alpha value is -2.88. The number of ether oxygens (including phenoxy) is 2. The minimum absolute atomic E-state index is 0.140. The zero-order valence-electron chi connectivity index (χ0n) is 16.8. The molecule has 10 nitrogen and oxygen atoms in total. The lowest BCUT2D eigenvalue weighted by molar-refractivity contribution is -0.527. The van der Waals surface area contributed by atoms with Crippen LogP contribution in [0.25, 0.3) is 0 Å². The molecule has 1 aromatic rings. The minimum Gasteiger partial charge on any atom is -0.445 e. The van der Waals surface area contributed by atoms with Crippen LogP contribution in [0.15, 0.2) is 30.3 Å². The number of nitrogens with one attached hydrogen (secondary N) is 3. The second-order valence-electron chi connectivity index (χ2n) is 7.31. The van der Waals surface area contributed by atoms with Crippen LogP contribution < -0.4 is 10.7 Å². The number of piperidine rings is 1. The lowest BCUT2D eigenvalue weighted by Crippen LogP contribution is -2.60. The van der Waals surface area contributed by atoms with Crippen molar-refractivity contribution < 1.29 is 19.3 Å². The third kappa shape index (κ3) is 7.57. The van der Waals surface area contributed by atoms with Crippen LogP contribution in [-0.4, -0.2) is 47.4 Å². The van der Waals surface area contributed by atoms with Crippen LogP contribution in [0.2, 0.25) is 0 Å². The molecule has 0 aliphatic carbocycles. The maximum Gasteiger partial charge on any atom is 0.407 e. The number of likely N-dealkylation sites (tertiary alicyclic amines) is 1. The summed E-state index contributed by atoms with van der Waals surface area (Å²) in [6.45, 7) is 5.11. The topological polar surface area (TPSA) is 130 Å². The third-order valence-electron chi connectivity index (χ3n) is 4.55. The summed E-state index contributed by atoms with van der Waals surface area (Å²) < 4.78 is 11.2. The molecule has 0 aromatic heterocycles. The molecular formula is C19H29N5O5. The van der Waals surface area contributed by atoms with Gasteiger partial charge >= 0.3 is 6.09 Å². The average Bonchev–Trinajstić information content (AvgIpc) is 2.67. The molecule has 0 unspecified atom stereocenters. The number of nitro groups is 1. The molecule has 1 heterocycles. The summed E-state index contributed by atoms with van der Waals surface area (Å²) >= 11 is 0. The fourth-order valence-corrected chi connectivity index (χ4v) is 3.05. The first kappa shape index (κ1) is 22.4. The molecule has 1 aromatic carbocycles. The SMILES string of the molecule is CC(C)CCO[C@@H]1[C@@H](NC(=O)OCc2ccccc2)CCCN1C(=N)N[N+](=O)[O-]. The summed E-state index contributed by atoms with van der Waals surface area (Å²) in [5.74, 6) is 0.0549. The lowest BCUT2D eigenvalue weighted by Gasteiger charge is -2.41. The Morgan fingerprint density at radius 1 is 1.38 bits per heavy atom. The monoisotopic (exact) mass is 407 g/mol. The standard InChI is InChI=1S/C19H29N5O5/c1-14(2)10-12-28-17-16(9-6-11-23(17)18(20)22-24(26)27)21-19(25)29-13-15-7-4-3-5-8-15/h3-5,7-8,14,16-17H,6,9-13H2,1-2H3,(H2,20,22)(H,21,25)/t16-,17+/m0/s1. The number of nitrogens with zero attached hydrogens (tertiary/aromatic N) is 2. The molecule has 2 rings (SSSR count). The number of carbonyl (C=O) groups is 1. The first-order valence-corrected chi connectivity index (χ1v) is 9.72. The number of carbonyl (C=O) groups excluding carboxylic acids is 1. The Kier molecular flexibility index (Phi) is 8.66. The largest absolute Gasteiger partial charge is 0.445 e. The predicted octanol–water partition coefficient (Wildman–Crippen LogP) is 2.48. The number of hydrazine groups is 1. The molecule has 0 radical (unpaired) electrons. The number of rotatable bonds is 8. The second-order valence-corrected chi connectivity index (χ2v) is 7.31. The lowest BCUT2D eigenvalue weighted by atomic mass is 10.0. The summed E-state index contributed by atoms with van der Waals surface area (Å²) in [5.41, 5.74) is 2.74. The van der Waals surface area contributed by atoms with Gasteiger partial charge in [0.15, 0.2) is 11.3 Å². The van der Waals surface area contributed by atoms with Gasteiger partial charge in [0, 0.05) is 13.2 Å². The van der Waals surface area contributed by atoms with Crippen molar-refractivity contribution in [3.63, 3.8) is 0 Å². The highest BCUT2D eigenvalue weighted by atomic mass is 16.7. The van der Waals surface area contributed by atoms with Crippen molar-refractivity contribution in [3.8, 4) is 0 Å². The van der Waals surface area contributed by atoms with Crippen LogP contribution >= 0.6 is 0 Å². The zero-order chi connectivity index (χ0) is 21.2. The average molecular weight is 407 g/mol. The molecule has 3 N–H and O–H groups in total. The van der Waals surface area contributed by atoms with Crippen LogP contribution in [0.1, 0.15) is 38.7 Å². The quantitative estimate of drug-likeness (QED) is 0.261. The summed E-state index contributed by atoms with van der Waals surface area (Å²) in [4.78, 5) is 24.5. The Labute approximate surface area is 170 Å². The highest BCUT2D eigenvalue weighted by Crippen LogP contribution is 2.20. The van der Waals surface area contributed by atoms with E-state index in [1.807, 2.05) is 35.8 Å². The second kappa shape index (κ2) is 11.2. The molecule has 1 amide bonds. The van der Waals surface area contributed by atoms with Crippen LogP contribution in [-0.2, 0) is 16.1 Å². The van der Waals surface area contributed by atoms with E-state index in [-0.39, 0.29) is 12.6 Å². The summed E-state index contributed by atoms with van der Waals surface area (Å²) in [7, 11) is 0. The van der Waals surface area contributed by atoms with Gasteiger partial charge in [0.25, 0.3) is 5.96 Å². The summed E-state index contributed by atoms with van der Waals surface area (Å²) in [6, 6.07) is 8.88. The third-order valence-corrected chi connectivity index (χ3v) is 4.55. The molecule has 2 atom stereocenters. The Balaban J connectivity index is 1.99. The molecule has 0 saturated carbocycles. The van der Waals surface area contributed by atoms with Crippen molar-refractivity contribution in [1.82, 2.24) is 15.6 Å². The maximum atomic E-state index is 12.3. The van der Waals surface area contributed by atoms with Gasteiger partial charge in [-0.3, -0.25) is 5.41 Å². The highest BCUT2D eigenvalue weighted by Gasteiger charge is 2.36. The van der Waals surface area contributed by atoms with Gasteiger partial charge in [0.1, 0.15) is 6.61 Å². The van der Waals surface area contributed by atoms with E-state index in [0.29, 0.717) is 31.9 Å². The molecule has 0 bridgehead atoms. The van der Waals surface area contributed by atoms with Gasteiger partial charge in [-0.1, -0.05) is 49.6 Å². The first-order valence-electron chi connectivity index (χ1n) is 9.72. The van der Waals surface area contributed by atoms with E-state index < -0.39 is 23.4 Å². The number of hydrogen-bond donors (Lipinski definition) is 3. The fraction of sp³-hybridized carbons (Fsp3) is 0.579. The molecular weight excluding hydrogens is 378 g/mol. The van der Waals surface area contributed by atoms with Crippen LogP contribution in [0, 0.1) is 21.4 Å². The Morgan fingerprint density at radius 2 is 2.10 bits per heavy atom. The van der Waals surface area contributed by atoms with Gasteiger partial charge in [-0.25, -0.2) is 14.9 Å². The van der Waals surface area contributed by atoms with E-state index in [2.05, 4.69) is 19.2 Å². The molecule has 1 aliphatic rings. The summed E-state index contributed by atoms with van der Waals surface area (Å²) in [5, 5.41) is 20.7. The number of guanidine groups is 1. The van der Waals surface area contributed by atoms with Gasteiger partial charge in [0.2, 0.25) is 0 Å². The van der Waals surface area contributed by atoms with Crippen molar-refractivity contribution >= 4 is 12.1 Å². The number of alkyl carbamates (subject to hydrolysis) is 1. The van der Waals surface area contributed by atoms with E-state index in [1.165, 1.54) is 4.90 Å². The Morgan fingerprint density at radius 3 is 2.76 bits per heavy atom. The number of amides is 1. The zero-order valence-corrected chi connectivity index (χ0v) is 16.8. The minimum atomic E-state index is -0.779. The first-order chi connectivity index (χ1) is 13.9. The molecule has 1 saturated heterocycles. The van der Waals surface area contributed by atoms with Crippen molar-refractivity contribution in [3.05, 3.63) is 46.0 Å². The van der Waals surface area contributed by atoms with Gasteiger partial charge in [-0.15, -0.1) is 0 Å². The predicted molar refractivity (Wildman–Crippen MR) is 107 cm³/mol. The van der Waals surface area contributed by atoms with Gasteiger partial charge in [-0.2, -0.15) is 0 Å². The van der Waals surface area contributed by atoms with Crippen molar-refractivity contribution in [2.75, 3.05) is 13.2 Å². The molecule has 1 aliphatic heterocycles. The molecule has 10 heteroatoms. The normalized spacial score (nSPS) is 18.9. The van der Waals surface area contributed by atoms with E-state index in [4.69, 9.17) is 14.9 Å². The van der Waals surface area contributed by atoms with Crippen LogP contribution in [0.4, 0.5) is 4.79 Å². The van der Waals surface area contributed by atoms with E-state index in [1.54, 1.807) is 0 Å². The van der Waals surface area contributed by atoms with Crippen LogP contribution in [0.5, 0.6) is 0 Å². The van der Waals surface area contributed by atoms with Gasteiger partial charge < -0.3 is 19.7 Å². The number of hydrogen-bond acceptors (Lipinski definition) is 6. The maximum absolute atomic E-state index is 12.3. The van der Waals surface area contributed by atoms with Gasteiger partial charge in [0.05, 0.1) is 6.04 Å². The molecule has 1 fully saturated rings.